The molecule has 0 aliphatic heterocycles. The minimum absolute atomic E-state index is 0.394. The summed E-state index contributed by atoms with van der Waals surface area (Å²) in [5, 5.41) is 0. The standard InChI is InChI=1S/C14H23N/c1-14(2)10-8-13(9-11-14)15-12-6-4-3-5-7-12/h8,10,12H,3-7,9,11H2,1-2H3. The molecule has 0 atom stereocenters. The van der Waals surface area contributed by atoms with Gasteiger partial charge in [0, 0.05) is 5.71 Å². The lowest BCUT2D eigenvalue weighted by Crippen LogP contribution is -2.18. The quantitative estimate of drug-likeness (QED) is 0.610. The zero-order chi connectivity index (χ0) is 10.7. The number of rotatable bonds is 1. The van der Waals surface area contributed by atoms with Gasteiger partial charge in [-0.15, -0.1) is 0 Å². The van der Waals surface area contributed by atoms with Crippen LogP contribution in [0.15, 0.2) is 17.1 Å². The summed E-state index contributed by atoms with van der Waals surface area (Å²) < 4.78 is 0. The number of nitrogens with zero attached hydrogens (tertiary/aromatic N) is 1. The molecule has 1 heteroatoms. The Hall–Kier alpha value is -0.590. The molecule has 0 spiro atoms. The van der Waals surface area contributed by atoms with Crippen LogP contribution >= 0.6 is 0 Å². The summed E-state index contributed by atoms with van der Waals surface area (Å²) in [6.45, 7) is 4.61. The summed E-state index contributed by atoms with van der Waals surface area (Å²) >= 11 is 0. The fourth-order valence-corrected chi connectivity index (χ4v) is 2.49. The van der Waals surface area contributed by atoms with Crippen molar-refractivity contribution in [1.82, 2.24) is 0 Å². The Balaban J connectivity index is 1.96. The van der Waals surface area contributed by atoms with Crippen molar-refractivity contribution in [2.45, 2.75) is 64.8 Å². The highest BCUT2D eigenvalue weighted by molar-refractivity contribution is 5.96. The van der Waals surface area contributed by atoms with Crippen molar-refractivity contribution < 1.29 is 0 Å². The van der Waals surface area contributed by atoms with Gasteiger partial charge >= 0.3 is 0 Å². The fourth-order valence-electron chi connectivity index (χ4n) is 2.49. The Morgan fingerprint density at radius 3 is 2.53 bits per heavy atom. The van der Waals surface area contributed by atoms with Crippen LogP contribution in [0.4, 0.5) is 0 Å². The van der Waals surface area contributed by atoms with Crippen molar-refractivity contribution in [3.8, 4) is 0 Å². The first-order valence-electron chi connectivity index (χ1n) is 6.42. The highest BCUT2D eigenvalue weighted by Crippen LogP contribution is 2.29. The zero-order valence-electron chi connectivity index (χ0n) is 10.1. The lowest BCUT2D eigenvalue weighted by atomic mass is 9.82. The van der Waals surface area contributed by atoms with Crippen LogP contribution in [0.2, 0.25) is 0 Å². The largest absolute Gasteiger partial charge is 0.286 e. The molecule has 1 nitrogen and oxygen atoms in total. The average molecular weight is 205 g/mol. The van der Waals surface area contributed by atoms with E-state index in [2.05, 4.69) is 26.0 Å². The van der Waals surface area contributed by atoms with E-state index < -0.39 is 0 Å². The molecule has 0 aromatic heterocycles. The summed E-state index contributed by atoms with van der Waals surface area (Å²) in [5.41, 5.74) is 1.74. The topological polar surface area (TPSA) is 12.4 Å². The molecule has 1 fully saturated rings. The predicted molar refractivity (Wildman–Crippen MR) is 66.5 cm³/mol. The first-order chi connectivity index (χ1) is 7.16. The van der Waals surface area contributed by atoms with Gasteiger partial charge in [-0.25, -0.2) is 0 Å². The Labute approximate surface area is 93.7 Å². The molecule has 0 aromatic carbocycles. The summed E-state index contributed by atoms with van der Waals surface area (Å²) in [5.74, 6) is 0. The van der Waals surface area contributed by atoms with Crippen LogP contribution < -0.4 is 0 Å². The number of hydrogen-bond donors (Lipinski definition) is 0. The van der Waals surface area contributed by atoms with Crippen LogP contribution in [0.5, 0.6) is 0 Å². The van der Waals surface area contributed by atoms with Crippen molar-refractivity contribution in [2.75, 3.05) is 0 Å². The molecule has 0 unspecified atom stereocenters. The first kappa shape index (κ1) is 10.9. The third-order valence-corrected chi connectivity index (χ3v) is 3.68. The molecular weight excluding hydrogens is 182 g/mol. The number of allylic oxidation sites excluding steroid dienone is 2. The molecule has 2 rings (SSSR count). The Bertz CT molecular complexity index is 267. The third kappa shape index (κ3) is 3.19. The van der Waals surface area contributed by atoms with Crippen molar-refractivity contribution >= 4 is 5.71 Å². The summed E-state index contributed by atoms with van der Waals surface area (Å²) in [6, 6.07) is 0.639. The van der Waals surface area contributed by atoms with E-state index in [4.69, 9.17) is 4.99 Å². The van der Waals surface area contributed by atoms with Crippen molar-refractivity contribution in [3.05, 3.63) is 12.2 Å². The third-order valence-electron chi connectivity index (χ3n) is 3.68. The molecule has 0 saturated heterocycles. The van der Waals surface area contributed by atoms with E-state index in [0.29, 0.717) is 11.5 Å². The maximum Gasteiger partial charge on any atom is 0.0502 e. The van der Waals surface area contributed by atoms with Gasteiger partial charge in [-0.05, 0) is 37.2 Å². The monoisotopic (exact) mass is 205 g/mol. The van der Waals surface area contributed by atoms with E-state index in [1.54, 1.807) is 0 Å². The Morgan fingerprint density at radius 1 is 1.20 bits per heavy atom. The fraction of sp³-hybridized carbons (Fsp3) is 0.786. The molecule has 0 aromatic rings. The lowest BCUT2D eigenvalue weighted by Gasteiger charge is -2.26. The molecule has 15 heavy (non-hydrogen) atoms. The second-order valence-electron chi connectivity index (χ2n) is 5.73. The summed E-state index contributed by atoms with van der Waals surface area (Å²) in [6.07, 6.45) is 13.9. The average Bonchev–Trinajstić information content (AvgIpc) is 2.23. The number of hydrogen-bond acceptors (Lipinski definition) is 1. The molecule has 0 amide bonds. The SMILES string of the molecule is CC1(C)C=CC(=NC2CCCCC2)CC1. The van der Waals surface area contributed by atoms with Gasteiger partial charge in [0.25, 0.3) is 0 Å². The van der Waals surface area contributed by atoms with E-state index in [1.807, 2.05) is 0 Å². The Morgan fingerprint density at radius 2 is 1.93 bits per heavy atom. The smallest absolute Gasteiger partial charge is 0.0502 e. The van der Waals surface area contributed by atoms with Crippen LogP contribution in [0.3, 0.4) is 0 Å². The molecule has 84 valence electrons. The van der Waals surface area contributed by atoms with E-state index >= 15 is 0 Å². The van der Waals surface area contributed by atoms with E-state index in [0.717, 1.165) is 0 Å². The van der Waals surface area contributed by atoms with Crippen LogP contribution in [0.25, 0.3) is 0 Å². The Kier molecular flexibility index (Phi) is 3.28. The van der Waals surface area contributed by atoms with Gasteiger partial charge in [0.15, 0.2) is 0 Å². The highest BCUT2D eigenvalue weighted by Gasteiger charge is 2.20. The summed E-state index contributed by atoms with van der Waals surface area (Å²) in [4.78, 5) is 4.89. The van der Waals surface area contributed by atoms with Crippen LogP contribution in [0, 0.1) is 5.41 Å². The second-order valence-corrected chi connectivity index (χ2v) is 5.73. The van der Waals surface area contributed by atoms with E-state index in [9.17, 15) is 0 Å². The van der Waals surface area contributed by atoms with Crippen LogP contribution in [0.1, 0.15) is 58.8 Å². The molecule has 0 radical (unpaired) electrons. The van der Waals surface area contributed by atoms with Crippen LogP contribution in [-0.4, -0.2) is 11.8 Å². The van der Waals surface area contributed by atoms with Crippen molar-refractivity contribution in [1.29, 1.82) is 0 Å². The first-order valence-corrected chi connectivity index (χ1v) is 6.42. The molecule has 0 bridgehead atoms. The van der Waals surface area contributed by atoms with E-state index in [1.165, 1.54) is 50.7 Å². The molecule has 1 saturated carbocycles. The van der Waals surface area contributed by atoms with Gasteiger partial charge in [0.05, 0.1) is 6.04 Å². The molecule has 2 aliphatic carbocycles. The minimum atomic E-state index is 0.394. The summed E-state index contributed by atoms with van der Waals surface area (Å²) in [7, 11) is 0. The van der Waals surface area contributed by atoms with Gasteiger partial charge in [0.2, 0.25) is 0 Å². The molecular formula is C14H23N. The maximum atomic E-state index is 4.89. The van der Waals surface area contributed by atoms with Gasteiger partial charge < -0.3 is 0 Å². The molecule has 0 heterocycles. The number of aliphatic imine (C=N–C) groups is 1. The van der Waals surface area contributed by atoms with Gasteiger partial charge in [-0.3, -0.25) is 4.99 Å². The van der Waals surface area contributed by atoms with Gasteiger partial charge in [-0.2, -0.15) is 0 Å². The van der Waals surface area contributed by atoms with Crippen molar-refractivity contribution in [2.24, 2.45) is 10.4 Å². The van der Waals surface area contributed by atoms with Gasteiger partial charge in [-0.1, -0.05) is 39.2 Å². The lowest BCUT2D eigenvalue weighted by molar-refractivity contribution is 0.430. The molecule has 2 aliphatic rings. The predicted octanol–water partition coefficient (Wildman–Crippen LogP) is 4.14. The molecule has 0 N–H and O–H groups in total. The van der Waals surface area contributed by atoms with Gasteiger partial charge in [0.1, 0.15) is 0 Å². The van der Waals surface area contributed by atoms with Crippen molar-refractivity contribution in [3.63, 3.8) is 0 Å². The minimum Gasteiger partial charge on any atom is -0.286 e. The maximum absolute atomic E-state index is 4.89. The zero-order valence-corrected chi connectivity index (χ0v) is 10.1. The van der Waals surface area contributed by atoms with Crippen LogP contribution in [-0.2, 0) is 0 Å². The normalized spacial score (nSPS) is 29.6. The van der Waals surface area contributed by atoms with E-state index in [-0.39, 0.29) is 0 Å². The highest BCUT2D eigenvalue weighted by atomic mass is 14.8. The second kappa shape index (κ2) is 4.51.